The van der Waals surface area contributed by atoms with Crippen LogP contribution in [-0.2, 0) is 17.9 Å². The molecule has 0 saturated heterocycles. The minimum atomic E-state index is -0.272. The van der Waals surface area contributed by atoms with Gasteiger partial charge in [0, 0.05) is 11.1 Å². The molecule has 2 rings (SSSR count). The number of carbonyl (C=O) groups excluding carboxylic acids is 1. The standard InChI is InChI=1S/C20H28N2O3S/c1-5-24-18-11-15(12-21-13-16-7-6-10-26-16)8-9-17(18)25-14-19(23)22-20(2,3)4/h6-11,21H,5,12-14H2,1-4H3,(H,22,23)/p+1. The minimum Gasteiger partial charge on any atom is -0.490 e. The Morgan fingerprint density at radius 3 is 2.62 bits per heavy atom. The first kappa shape index (κ1) is 20.3. The van der Waals surface area contributed by atoms with E-state index < -0.39 is 0 Å². The Balaban J connectivity index is 1.93. The molecule has 0 unspecified atom stereocenters. The number of nitrogens with two attached hydrogens (primary N) is 1. The van der Waals surface area contributed by atoms with Crippen LogP contribution >= 0.6 is 11.3 Å². The van der Waals surface area contributed by atoms with Crippen molar-refractivity contribution in [2.75, 3.05) is 13.2 Å². The molecule has 1 aromatic carbocycles. The zero-order valence-electron chi connectivity index (χ0n) is 16.0. The van der Waals surface area contributed by atoms with E-state index in [0.717, 1.165) is 18.7 Å². The lowest BCUT2D eigenvalue weighted by atomic mass is 10.1. The van der Waals surface area contributed by atoms with Crippen LogP contribution in [0.15, 0.2) is 35.7 Å². The number of rotatable bonds is 9. The third-order valence-electron chi connectivity index (χ3n) is 3.49. The monoisotopic (exact) mass is 377 g/mol. The predicted octanol–water partition coefficient (Wildman–Crippen LogP) is 2.70. The normalized spacial score (nSPS) is 11.2. The smallest absolute Gasteiger partial charge is 0.258 e. The fraction of sp³-hybridized carbons (Fsp3) is 0.450. The SMILES string of the molecule is CCOc1cc(C[NH2+]Cc2cccs2)ccc1OCC(=O)NC(C)(C)C. The van der Waals surface area contributed by atoms with Gasteiger partial charge in [-0.25, -0.2) is 0 Å². The van der Waals surface area contributed by atoms with Crippen molar-refractivity contribution < 1.29 is 19.6 Å². The molecule has 1 heterocycles. The number of nitrogens with one attached hydrogen (secondary N) is 1. The van der Waals surface area contributed by atoms with Crippen LogP contribution in [0.1, 0.15) is 38.1 Å². The molecule has 0 aliphatic rings. The lowest BCUT2D eigenvalue weighted by molar-refractivity contribution is -0.685. The van der Waals surface area contributed by atoms with Gasteiger partial charge in [-0.2, -0.15) is 0 Å². The number of amides is 1. The third-order valence-corrected chi connectivity index (χ3v) is 4.39. The summed E-state index contributed by atoms with van der Waals surface area (Å²) in [6.07, 6.45) is 0. The van der Waals surface area contributed by atoms with Gasteiger partial charge in [0.15, 0.2) is 18.1 Å². The number of quaternary nitrogens is 1. The lowest BCUT2D eigenvalue weighted by Gasteiger charge is -2.20. The average molecular weight is 378 g/mol. The van der Waals surface area contributed by atoms with Crippen LogP contribution in [0, 0.1) is 0 Å². The van der Waals surface area contributed by atoms with E-state index in [-0.39, 0.29) is 18.1 Å². The number of thiophene rings is 1. The Kier molecular flexibility index (Phi) is 7.48. The molecule has 0 spiro atoms. The first-order valence-electron chi connectivity index (χ1n) is 8.91. The van der Waals surface area contributed by atoms with Gasteiger partial charge in [-0.3, -0.25) is 4.79 Å². The second kappa shape index (κ2) is 9.59. The zero-order valence-corrected chi connectivity index (χ0v) is 16.8. The molecule has 0 bridgehead atoms. The maximum atomic E-state index is 11.9. The molecule has 0 aliphatic heterocycles. The molecule has 2 aromatic rings. The van der Waals surface area contributed by atoms with Gasteiger partial charge in [-0.1, -0.05) is 6.07 Å². The van der Waals surface area contributed by atoms with Gasteiger partial charge in [0.05, 0.1) is 11.5 Å². The van der Waals surface area contributed by atoms with Gasteiger partial charge < -0.3 is 20.1 Å². The highest BCUT2D eigenvalue weighted by molar-refractivity contribution is 7.09. The maximum absolute atomic E-state index is 11.9. The lowest BCUT2D eigenvalue weighted by Crippen LogP contribution is -2.80. The number of hydrogen-bond acceptors (Lipinski definition) is 4. The fourth-order valence-electron chi connectivity index (χ4n) is 2.47. The summed E-state index contributed by atoms with van der Waals surface area (Å²) in [4.78, 5) is 13.3. The van der Waals surface area contributed by atoms with Crippen LogP contribution in [0.5, 0.6) is 11.5 Å². The van der Waals surface area contributed by atoms with Crippen LogP contribution in [0.4, 0.5) is 0 Å². The minimum absolute atomic E-state index is 0.0266. The van der Waals surface area contributed by atoms with E-state index in [1.807, 2.05) is 45.9 Å². The van der Waals surface area contributed by atoms with E-state index in [9.17, 15) is 4.79 Å². The molecule has 0 aliphatic carbocycles. The number of ether oxygens (including phenoxy) is 2. The summed E-state index contributed by atoms with van der Waals surface area (Å²) in [6.45, 7) is 10.1. The molecular formula is C20H29N2O3S+. The number of carbonyl (C=O) groups is 1. The van der Waals surface area contributed by atoms with Crippen molar-refractivity contribution in [2.24, 2.45) is 0 Å². The molecule has 142 valence electrons. The third kappa shape index (κ3) is 7.06. The van der Waals surface area contributed by atoms with Gasteiger partial charge in [0.2, 0.25) is 0 Å². The van der Waals surface area contributed by atoms with Crippen LogP contribution in [0.25, 0.3) is 0 Å². The van der Waals surface area contributed by atoms with Gasteiger partial charge in [-0.15, -0.1) is 11.3 Å². The first-order chi connectivity index (χ1) is 12.4. The molecule has 0 fully saturated rings. The van der Waals surface area contributed by atoms with E-state index in [4.69, 9.17) is 9.47 Å². The van der Waals surface area contributed by atoms with Crippen LogP contribution in [0.3, 0.4) is 0 Å². The molecule has 26 heavy (non-hydrogen) atoms. The summed E-state index contributed by atoms with van der Waals surface area (Å²) in [6, 6.07) is 10.1. The molecule has 1 amide bonds. The van der Waals surface area contributed by atoms with Crippen molar-refractivity contribution in [3.05, 3.63) is 46.2 Å². The molecule has 5 nitrogen and oxygen atoms in total. The molecule has 0 atom stereocenters. The van der Waals surface area contributed by atoms with E-state index in [2.05, 4.69) is 28.1 Å². The molecule has 0 saturated carbocycles. The van der Waals surface area contributed by atoms with Crippen molar-refractivity contribution in [3.8, 4) is 11.5 Å². The second-order valence-corrected chi connectivity index (χ2v) is 8.11. The maximum Gasteiger partial charge on any atom is 0.258 e. The second-order valence-electron chi connectivity index (χ2n) is 7.08. The Morgan fingerprint density at radius 1 is 1.15 bits per heavy atom. The highest BCUT2D eigenvalue weighted by Crippen LogP contribution is 2.28. The summed E-state index contributed by atoms with van der Waals surface area (Å²) < 4.78 is 11.4. The number of benzene rings is 1. The van der Waals surface area contributed by atoms with E-state index in [0.29, 0.717) is 18.1 Å². The van der Waals surface area contributed by atoms with Gasteiger partial charge >= 0.3 is 0 Å². The number of hydrogen-bond donors (Lipinski definition) is 2. The van der Waals surface area contributed by atoms with Crippen LogP contribution in [-0.4, -0.2) is 24.7 Å². The molecule has 3 N–H and O–H groups in total. The zero-order chi connectivity index (χ0) is 19.0. The Labute approximate surface area is 159 Å². The van der Waals surface area contributed by atoms with E-state index >= 15 is 0 Å². The first-order valence-corrected chi connectivity index (χ1v) is 9.79. The molecular weight excluding hydrogens is 348 g/mol. The van der Waals surface area contributed by atoms with Crippen LogP contribution in [0.2, 0.25) is 0 Å². The Bertz CT molecular complexity index is 694. The summed E-state index contributed by atoms with van der Waals surface area (Å²) in [5.41, 5.74) is 0.891. The highest BCUT2D eigenvalue weighted by Gasteiger charge is 2.15. The van der Waals surface area contributed by atoms with Crippen LogP contribution < -0.4 is 20.1 Å². The Hall–Kier alpha value is -2.05. The predicted molar refractivity (Wildman–Crippen MR) is 105 cm³/mol. The largest absolute Gasteiger partial charge is 0.490 e. The van der Waals surface area contributed by atoms with Crippen molar-refractivity contribution in [2.45, 2.75) is 46.3 Å². The van der Waals surface area contributed by atoms with Crippen molar-refractivity contribution in [3.63, 3.8) is 0 Å². The summed E-state index contributed by atoms with van der Waals surface area (Å²) in [5, 5.41) is 7.24. The average Bonchev–Trinajstić information content (AvgIpc) is 3.06. The summed E-state index contributed by atoms with van der Waals surface area (Å²) in [5.74, 6) is 1.13. The van der Waals surface area contributed by atoms with Gasteiger partial charge in [0.25, 0.3) is 5.91 Å². The fourth-order valence-corrected chi connectivity index (χ4v) is 3.18. The van der Waals surface area contributed by atoms with Crippen molar-refractivity contribution >= 4 is 17.2 Å². The molecule has 1 aromatic heterocycles. The van der Waals surface area contributed by atoms with E-state index in [1.165, 1.54) is 4.88 Å². The Morgan fingerprint density at radius 2 is 1.96 bits per heavy atom. The summed E-state index contributed by atoms with van der Waals surface area (Å²) in [7, 11) is 0. The quantitative estimate of drug-likeness (QED) is 0.706. The highest BCUT2D eigenvalue weighted by atomic mass is 32.1. The molecule has 0 radical (unpaired) electrons. The summed E-state index contributed by atoms with van der Waals surface area (Å²) >= 11 is 1.77. The van der Waals surface area contributed by atoms with E-state index in [1.54, 1.807) is 11.3 Å². The topological polar surface area (TPSA) is 64.2 Å². The molecule has 6 heteroatoms. The van der Waals surface area contributed by atoms with Gasteiger partial charge in [0.1, 0.15) is 13.1 Å². The van der Waals surface area contributed by atoms with Gasteiger partial charge in [-0.05, 0) is 57.3 Å². The van der Waals surface area contributed by atoms with Crippen molar-refractivity contribution in [1.29, 1.82) is 0 Å². The van der Waals surface area contributed by atoms with Crippen molar-refractivity contribution in [1.82, 2.24) is 5.32 Å².